The average molecular weight is 354 g/mol. The second-order valence-corrected chi connectivity index (χ2v) is 6.20. The summed E-state index contributed by atoms with van der Waals surface area (Å²) in [4.78, 5) is 25.1. The zero-order valence-electron chi connectivity index (χ0n) is 15.6. The fourth-order valence-electron chi connectivity index (χ4n) is 3.07. The van der Waals surface area contributed by atoms with Crippen LogP contribution in [0.5, 0.6) is 0 Å². The van der Waals surface area contributed by atoms with E-state index >= 15 is 0 Å². The number of rotatable bonds is 8. The molecule has 4 heteroatoms. The summed E-state index contributed by atoms with van der Waals surface area (Å²) in [6.07, 6.45) is 1.16. The number of carbonyl (C=O) groups excluding carboxylic acids is 2. The van der Waals surface area contributed by atoms with Crippen LogP contribution in [0.25, 0.3) is 0 Å². The molecule has 0 aliphatic rings. The van der Waals surface area contributed by atoms with Crippen molar-refractivity contribution in [3.8, 4) is 0 Å². The SMILES string of the molecule is CCC(OC(=O)c1ccccc1)C(CC)(CC)OC(=O)c1ccccc1. The minimum absolute atomic E-state index is 0.400. The maximum absolute atomic E-state index is 12.6. The summed E-state index contributed by atoms with van der Waals surface area (Å²) in [5.74, 6) is -0.803. The summed E-state index contributed by atoms with van der Waals surface area (Å²) >= 11 is 0. The summed E-state index contributed by atoms with van der Waals surface area (Å²) < 4.78 is 11.6. The molecule has 0 spiro atoms. The standard InChI is InChI=1S/C22H26O4/c1-4-19(25-20(23)17-13-9-7-10-14-17)22(5-2,6-3)26-21(24)18-15-11-8-12-16-18/h7-16,19H,4-6H2,1-3H3. The molecule has 0 N–H and O–H groups in total. The van der Waals surface area contributed by atoms with Crippen LogP contribution in [0.1, 0.15) is 60.7 Å². The van der Waals surface area contributed by atoms with Crippen LogP contribution in [-0.2, 0) is 9.47 Å². The molecule has 0 heterocycles. The lowest BCUT2D eigenvalue weighted by atomic mass is 9.88. The predicted molar refractivity (Wildman–Crippen MR) is 101 cm³/mol. The Morgan fingerprint density at radius 2 is 1.27 bits per heavy atom. The summed E-state index contributed by atoms with van der Waals surface area (Å²) in [5.41, 5.74) is 0.121. The predicted octanol–water partition coefficient (Wildman–Crippen LogP) is 5.04. The Morgan fingerprint density at radius 1 is 0.808 bits per heavy atom. The zero-order valence-corrected chi connectivity index (χ0v) is 15.6. The van der Waals surface area contributed by atoms with Crippen LogP contribution in [0.15, 0.2) is 60.7 Å². The van der Waals surface area contributed by atoms with Crippen LogP contribution in [0.3, 0.4) is 0 Å². The molecule has 0 aromatic heterocycles. The van der Waals surface area contributed by atoms with Crippen molar-refractivity contribution in [2.45, 2.75) is 51.7 Å². The van der Waals surface area contributed by atoms with Crippen molar-refractivity contribution in [3.63, 3.8) is 0 Å². The second-order valence-electron chi connectivity index (χ2n) is 6.20. The van der Waals surface area contributed by atoms with Gasteiger partial charge in [0.15, 0.2) is 0 Å². The van der Waals surface area contributed by atoms with Gasteiger partial charge in [0.1, 0.15) is 11.7 Å². The molecule has 0 saturated heterocycles. The van der Waals surface area contributed by atoms with Crippen molar-refractivity contribution >= 4 is 11.9 Å². The van der Waals surface area contributed by atoms with E-state index in [0.717, 1.165) is 0 Å². The van der Waals surface area contributed by atoms with Crippen molar-refractivity contribution < 1.29 is 19.1 Å². The molecule has 0 fully saturated rings. The lowest BCUT2D eigenvalue weighted by Crippen LogP contribution is -2.47. The number of benzene rings is 2. The van der Waals surface area contributed by atoms with Crippen LogP contribution >= 0.6 is 0 Å². The molecule has 0 aliphatic heterocycles. The fraction of sp³-hybridized carbons (Fsp3) is 0.364. The van der Waals surface area contributed by atoms with E-state index in [2.05, 4.69) is 0 Å². The Labute approximate surface area is 155 Å². The number of hydrogen-bond acceptors (Lipinski definition) is 4. The minimum Gasteiger partial charge on any atom is -0.455 e. The maximum atomic E-state index is 12.6. The van der Waals surface area contributed by atoms with E-state index in [1.165, 1.54) is 0 Å². The Hall–Kier alpha value is -2.62. The van der Waals surface area contributed by atoms with E-state index in [0.29, 0.717) is 30.4 Å². The molecule has 26 heavy (non-hydrogen) atoms. The first-order valence-corrected chi connectivity index (χ1v) is 9.10. The van der Waals surface area contributed by atoms with E-state index in [4.69, 9.17) is 9.47 Å². The van der Waals surface area contributed by atoms with Gasteiger partial charge in [-0.2, -0.15) is 0 Å². The maximum Gasteiger partial charge on any atom is 0.338 e. The molecule has 0 saturated carbocycles. The van der Waals surface area contributed by atoms with Crippen LogP contribution < -0.4 is 0 Å². The lowest BCUT2D eigenvalue weighted by Gasteiger charge is -2.38. The van der Waals surface area contributed by atoms with Crippen LogP contribution in [0.4, 0.5) is 0 Å². The first-order chi connectivity index (χ1) is 12.6. The number of esters is 2. The van der Waals surface area contributed by atoms with Crippen molar-refractivity contribution in [3.05, 3.63) is 71.8 Å². The normalized spacial score (nSPS) is 12.3. The summed E-state index contributed by atoms with van der Waals surface area (Å²) in [5, 5.41) is 0. The highest BCUT2D eigenvalue weighted by molar-refractivity contribution is 5.90. The van der Waals surface area contributed by atoms with Crippen molar-refractivity contribution in [1.82, 2.24) is 0 Å². The van der Waals surface area contributed by atoms with Gasteiger partial charge in [0.25, 0.3) is 0 Å². The van der Waals surface area contributed by atoms with Gasteiger partial charge < -0.3 is 9.47 Å². The molecule has 1 atom stereocenters. The highest BCUT2D eigenvalue weighted by atomic mass is 16.6. The Morgan fingerprint density at radius 3 is 1.69 bits per heavy atom. The van der Waals surface area contributed by atoms with Gasteiger partial charge in [-0.15, -0.1) is 0 Å². The van der Waals surface area contributed by atoms with Crippen molar-refractivity contribution in [2.24, 2.45) is 0 Å². The Balaban J connectivity index is 2.21. The van der Waals surface area contributed by atoms with E-state index in [1.54, 1.807) is 48.5 Å². The highest BCUT2D eigenvalue weighted by Crippen LogP contribution is 2.31. The van der Waals surface area contributed by atoms with Crippen LogP contribution in [0.2, 0.25) is 0 Å². The molecule has 2 rings (SSSR count). The molecule has 1 unspecified atom stereocenters. The zero-order chi connectivity index (χ0) is 19.0. The molecule has 0 aliphatic carbocycles. The highest BCUT2D eigenvalue weighted by Gasteiger charge is 2.41. The van der Waals surface area contributed by atoms with E-state index in [9.17, 15) is 9.59 Å². The van der Waals surface area contributed by atoms with Gasteiger partial charge >= 0.3 is 11.9 Å². The topological polar surface area (TPSA) is 52.6 Å². The average Bonchev–Trinajstić information content (AvgIpc) is 2.71. The summed E-state index contributed by atoms with van der Waals surface area (Å²) in [6, 6.07) is 17.7. The van der Waals surface area contributed by atoms with Gasteiger partial charge in [0.05, 0.1) is 11.1 Å². The molecule has 0 amide bonds. The smallest absolute Gasteiger partial charge is 0.338 e. The molecule has 2 aromatic carbocycles. The monoisotopic (exact) mass is 354 g/mol. The number of carbonyl (C=O) groups is 2. The molecular weight excluding hydrogens is 328 g/mol. The van der Waals surface area contributed by atoms with Gasteiger partial charge in [-0.1, -0.05) is 57.2 Å². The van der Waals surface area contributed by atoms with E-state index in [-0.39, 0.29) is 0 Å². The molecule has 138 valence electrons. The van der Waals surface area contributed by atoms with E-state index < -0.39 is 23.6 Å². The molecule has 2 aromatic rings. The third-order valence-corrected chi connectivity index (χ3v) is 4.72. The van der Waals surface area contributed by atoms with E-state index in [1.807, 2.05) is 32.9 Å². The third kappa shape index (κ3) is 4.51. The Kier molecular flexibility index (Phi) is 6.96. The van der Waals surface area contributed by atoms with Gasteiger partial charge in [-0.05, 0) is 43.5 Å². The molecule has 0 bridgehead atoms. The lowest BCUT2D eigenvalue weighted by molar-refractivity contribution is -0.102. The van der Waals surface area contributed by atoms with Gasteiger partial charge in [0, 0.05) is 0 Å². The van der Waals surface area contributed by atoms with Gasteiger partial charge in [0.2, 0.25) is 0 Å². The quantitative estimate of drug-likeness (QED) is 0.623. The first-order valence-electron chi connectivity index (χ1n) is 9.10. The third-order valence-electron chi connectivity index (χ3n) is 4.72. The largest absolute Gasteiger partial charge is 0.455 e. The fourth-order valence-corrected chi connectivity index (χ4v) is 3.07. The first kappa shape index (κ1) is 19.7. The van der Waals surface area contributed by atoms with Gasteiger partial charge in [-0.3, -0.25) is 0 Å². The molecule has 4 nitrogen and oxygen atoms in total. The van der Waals surface area contributed by atoms with Crippen LogP contribution in [0, 0.1) is 0 Å². The second kappa shape index (κ2) is 9.18. The minimum atomic E-state index is -0.855. The number of hydrogen-bond donors (Lipinski definition) is 0. The van der Waals surface area contributed by atoms with Crippen molar-refractivity contribution in [1.29, 1.82) is 0 Å². The number of ether oxygens (including phenoxy) is 2. The summed E-state index contributed by atoms with van der Waals surface area (Å²) in [6.45, 7) is 5.82. The van der Waals surface area contributed by atoms with Gasteiger partial charge in [-0.25, -0.2) is 9.59 Å². The van der Waals surface area contributed by atoms with Crippen LogP contribution in [-0.4, -0.2) is 23.6 Å². The molecular formula is C22H26O4. The molecule has 0 radical (unpaired) electrons. The Bertz CT molecular complexity index is 705. The summed E-state index contributed by atoms with van der Waals surface area (Å²) in [7, 11) is 0. The van der Waals surface area contributed by atoms with Crippen molar-refractivity contribution in [2.75, 3.05) is 0 Å².